The van der Waals surface area contributed by atoms with E-state index in [2.05, 4.69) is 0 Å². The van der Waals surface area contributed by atoms with Gasteiger partial charge in [-0.15, -0.1) is 0 Å². The Balaban J connectivity index is 2.60. The molecule has 0 saturated heterocycles. The third-order valence-electron chi connectivity index (χ3n) is 2.01. The lowest BCUT2D eigenvalue weighted by Crippen LogP contribution is -2.00. The van der Waals surface area contributed by atoms with Crippen molar-refractivity contribution in [3.8, 4) is 5.75 Å². The summed E-state index contributed by atoms with van der Waals surface area (Å²) in [5.74, 6) is -1.96. The van der Waals surface area contributed by atoms with Crippen LogP contribution in [0.4, 0.5) is 8.78 Å². The van der Waals surface area contributed by atoms with Gasteiger partial charge in [-0.1, -0.05) is 13.3 Å². The minimum absolute atomic E-state index is 0.0993. The molecule has 4 heteroatoms. The first kappa shape index (κ1) is 11.9. The number of phenols is 1. The molecule has 0 aliphatic rings. The van der Waals surface area contributed by atoms with E-state index in [1.165, 1.54) is 0 Å². The van der Waals surface area contributed by atoms with Crippen molar-refractivity contribution in [1.29, 1.82) is 0 Å². The van der Waals surface area contributed by atoms with E-state index in [-0.39, 0.29) is 12.2 Å². The lowest BCUT2D eigenvalue weighted by Gasteiger charge is -2.06. The van der Waals surface area contributed by atoms with Gasteiger partial charge >= 0.3 is 0 Å². The van der Waals surface area contributed by atoms with Crippen LogP contribution in [0.2, 0.25) is 0 Å². The third kappa shape index (κ3) is 3.47. The zero-order chi connectivity index (χ0) is 11.3. The number of phenolic OH excluding ortho intramolecular Hbond substituents is 1. The Labute approximate surface area is 87.5 Å². The molecule has 0 atom stereocenters. The van der Waals surface area contributed by atoms with E-state index in [0.29, 0.717) is 6.61 Å². The largest absolute Gasteiger partial charge is 0.508 e. The van der Waals surface area contributed by atoms with Crippen LogP contribution in [0.1, 0.15) is 25.3 Å². The zero-order valence-corrected chi connectivity index (χ0v) is 8.59. The van der Waals surface area contributed by atoms with Crippen molar-refractivity contribution in [3.63, 3.8) is 0 Å². The lowest BCUT2D eigenvalue weighted by molar-refractivity contribution is 0.113. The maximum absolute atomic E-state index is 13.1. The Morgan fingerprint density at radius 2 is 1.87 bits per heavy atom. The third-order valence-corrected chi connectivity index (χ3v) is 2.01. The van der Waals surface area contributed by atoms with Crippen LogP contribution in [0.5, 0.6) is 5.75 Å². The SMILES string of the molecule is CCCCOCc1c(F)cc(O)cc1F. The fourth-order valence-corrected chi connectivity index (χ4v) is 1.15. The second kappa shape index (κ2) is 5.66. The van der Waals surface area contributed by atoms with Crippen molar-refractivity contribution in [2.24, 2.45) is 0 Å². The molecule has 0 radical (unpaired) electrons. The topological polar surface area (TPSA) is 29.5 Å². The molecule has 1 aromatic rings. The van der Waals surface area contributed by atoms with Gasteiger partial charge in [0.15, 0.2) is 0 Å². The van der Waals surface area contributed by atoms with Crippen LogP contribution < -0.4 is 0 Å². The van der Waals surface area contributed by atoms with Crippen LogP contribution in [0.3, 0.4) is 0 Å². The summed E-state index contributed by atoms with van der Waals surface area (Å²) in [4.78, 5) is 0. The number of hydrogen-bond donors (Lipinski definition) is 1. The number of aromatic hydroxyl groups is 1. The summed E-state index contributed by atoms with van der Waals surface area (Å²) in [7, 11) is 0. The summed E-state index contributed by atoms with van der Waals surface area (Å²) in [5.41, 5.74) is -0.135. The molecular formula is C11H14F2O2. The predicted molar refractivity (Wildman–Crippen MR) is 52.6 cm³/mol. The van der Waals surface area contributed by atoms with Crippen LogP contribution in [0.25, 0.3) is 0 Å². The molecule has 2 nitrogen and oxygen atoms in total. The van der Waals surface area contributed by atoms with Gasteiger partial charge in [-0.25, -0.2) is 8.78 Å². The van der Waals surface area contributed by atoms with Crippen LogP contribution in [-0.2, 0) is 11.3 Å². The number of hydrogen-bond acceptors (Lipinski definition) is 2. The van der Waals surface area contributed by atoms with Crippen molar-refractivity contribution in [1.82, 2.24) is 0 Å². The first-order valence-electron chi connectivity index (χ1n) is 4.89. The van der Waals surface area contributed by atoms with E-state index in [1.54, 1.807) is 0 Å². The van der Waals surface area contributed by atoms with E-state index in [4.69, 9.17) is 9.84 Å². The molecule has 1 N–H and O–H groups in total. The summed E-state index contributed by atoms with van der Waals surface area (Å²) >= 11 is 0. The summed E-state index contributed by atoms with van der Waals surface area (Å²) < 4.78 is 31.4. The Morgan fingerprint density at radius 3 is 2.40 bits per heavy atom. The van der Waals surface area contributed by atoms with Crippen molar-refractivity contribution in [2.45, 2.75) is 26.4 Å². The van der Waals surface area contributed by atoms with Gasteiger partial charge < -0.3 is 9.84 Å². The molecule has 0 aromatic heterocycles. The average Bonchev–Trinajstić information content (AvgIpc) is 2.15. The summed E-state index contributed by atoms with van der Waals surface area (Å²) in [6.45, 7) is 2.39. The standard InChI is InChI=1S/C11H14F2O2/c1-2-3-4-15-7-9-10(12)5-8(14)6-11(9)13/h5-6,14H,2-4,7H2,1H3. The first-order valence-corrected chi connectivity index (χ1v) is 4.89. The van der Waals surface area contributed by atoms with Crippen molar-refractivity contribution >= 4 is 0 Å². The van der Waals surface area contributed by atoms with E-state index >= 15 is 0 Å². The van der Waals surface area contributed by atoms with Gasteiger partial charge in [-0.3, -0.25) is 0 Å². The molecule has 0 bridgehead atoms. The van der Waals surface area contributed by atoms with E-state index in [9.17, 15) is 8.78 Å². The van der Waals surface area contributed by atoms with Crippen molar-refractivity contribution < 1.29 is 18.6 Å². The Bertz CT molecular complexity index is 303. The second-order valence-corrected chi connectivity index (χ2v) is 3.29. The van der Waals surface area contributed by atoms with E-state index in [0.717, 1.165) is 25.0 Å². The molecular weight excluding hydrogens is 202 g/mol. The fourth-order valence-electron chi connectivity index (χ4n) is 1.15. The normalized spacial score (nSPS) is 10.6. The Morgan fingerprint density at radius 1 is 1.27 bits per heavy atom. The number of benzene rings is 1. The van der Waals surface area contributed by atoms with Crippen molar-refractivity contribution in [3.05, 3.63) is 29.3 Å². The Kier molecular flexibility index (Phi) is 4.49. The van der Waals surface area contributed by atoms with E-state index < -0.39 is 17.4 Å². The summed E-state index contributed by atoms with van der Waals surface area (Å²) in [5, 5.41) is 8.91. The van der Waals surface area contributed by atoms with Gasteiger partial charge in [0.25, 0.3) is 0 Å². The molecule has 0 amide bonds. The monoisotopic (exact) mass is 216 g/mol. The highest BCUT2D eigenvalue weighted by atomic mass is 19.1. The zero-order valence-electron chi connectivity index (χ0n) is 8.59. The molecule has 1 aromatic carbocycles. The van der Waals surface area contributed by atoms with Crippen molar-refractivity contribution in [2.75, 3.05) is 6.61 Å². The number of rotatable bonds is 5. The first-order chi connectivity index (χ1) is 7.15. The van der Waals surface area contributed by atoms with Crippen LogP contribution in [0.15, 0.2) is 12.1 Å². The van der Waals surface area contributed by atoms with Gasteiger partial charge in [-0.2, -0.15) is 0 Å². The molecule has 0 fully saturated rings. The minimum Gasteiger partial charge on any atom is -0.508 e. The molecule has 84 valence electrons. The van der Waals surface area contributed by atoms with E-state index in [1.807, 2.05) is 6.92 Å². The maximum atomic E-state index is 13.1. The average molecular weight is 216 g/mol. The van der Waals surface area contributed by atoms with Gasteiger partial charge in [0.05, 0.1) is 6.61 Å². The highest BCUT2D eigenvalue weighted by molar-refractivity contribution is 5.28. The summed E-state index contributed by atoms with van der Waals surface area (Å²) in [6, 6.07) is 1.75. The second-order valence-electron chi connectivity index (χ2n) is 3.29. The van der Waals surface area contributed by atoms with Gasteiger partial charge in [-0.05, 0) is 6.42 Å². The smallest absolute Gasteiger partial charge is 0.135 e. The number of unbranched alkanes of at least 4 members (excludes halogenated alkanes) is 1. The quantitative estimate of drug-likeness (QED) is 0.767. The van der Waals surface area contributed by atoms with Crippen LogP contribution >= 0.6 is 0 Å². The fraction of sp³-hybridized carbons (Fsp3) is 0.455. The molecule has 0 aliphatic heterocycles. The molecule has 15 heavy (non-hydrogen) atoms. The molecule has 1 rings (SSSR count). The summed E-state index contributed by atoms with van der Waals surface area (Å²) in [6.07, 6.45) is 1.84. The molecule has 0 heterocycles. The minimum atomic E-state index is -0.774. The molecule has 0 unspecified atom stereocenters. The van der Waals surface area contributed by atoms with Crippen LogP contribution in [0, 0.1) is 11.6 Å². The predicted octanol–water partition coefficient (Wildman–Crippen LogP) is 2.99. The van der Waals surface area contributed by atoms with Crippen LogP contribution in [-0.4, -0.2) is 11.7 Å². The number of ether oxygens (including phenoxy) is 1. The maximum Gasteiger partial charge on any atom is 0.135 e. The molecule has 0 saturated carbocycles. The molecule has 0 aliphatic carbocycles. The highest BCUT2D eigenvalue weighted by Crippen LogP contribution is 2.20. The van der Waals surface area contributed by atoms with Gasteiger partial charge in [0, 0.05) is 24.3 Å². The number of halogens is 2. The lowest BCUT2D eigenvalue weighted by atomic mass is 10.2. The Hall–Kier alpha value is -1.16. The highest BCUT2D eigenvalue weighted by Gasteiger charge is 2.10. The van der Waals surface area contributed by atoms with Gasteiger partial charge in [0.1, 0.15) is 17.4 Å². The molecule has 0 spiro atoms. The van der Waals surface area contributed by atoms with Gasteiger partial charge in [0.2, 0.25) is 0 Å².